The summed E-state index contributed by atoms with van der Waals surface area (Å²) in [6.07, 6.45) is 0.277. The molecule has 13 heteroatoms. The Hall–Kier alpha value is -4.44. The van der Waals surface area contributed by atoms with Crippen molar-refractivity contribution >= 4 is 27.5 Å². The van der Waals surface area contributed by atoms with Crippen LogP contribution in [0.1, 0.15) is 58.5 Å². The Kier molecular flexibility index (Phi) is 8.06. The first-order valence-electron chi connectivity index (χ1n) is 13.1. The van der Waals surface area contributed by atoms with Crippen LogP contribution in [0, 0.1) is 17.1 Å². The van der Waals surface area contributed by atoms with E-state index >= 15 is 4.39 Å². The third kappa shape index (κ3) is 6.71. The summed E-state index contributed by atoms with van der Waals surface area (Å²) >= 11 is 0. The maximum absolute atomic E-state index is 15.6. The molecule has 1 aliphatic heterocycles. The van der Waals surface area contributed by atoms with Gasteiger partial charge in [0.25, 0.3) is 5.91 Å². The molecular weight excluding hydrogens is 563 g/mol. The molecule has 4 rings (SSSR count). The van der Waals surface area contributed by atoms with Gasteiger partial charge in [-0.1, -0.05) is 32.9 Å². The predicted molar refractivity (Wildman–Crippen MR) is 151 cm³/mol. The number of aromatic nitrogens is 3. The van der Waals surface area contributed by atoms with Gasteiger partial charge in [-0.2, -0.15) is 10.4 Å². The van der Waals surface area contributed by atoms with Gasteiger partial charge in [0.05, 0.1) is 46.4 Å². The molecule has 3 aromatic rings. The number of hydrogen-bond acceptors (Lipinski definition) is 9. The molecule has 1 atom stereocenters. The Morgan fingerprint density at radius 2 is 1.83 bits per heavy atom. The first kappa shape index (κ1) is 30.5. The van der Waals surface area contributed by atoms with Gasteiger partial charge in [0.15, 0.2) is 15.7 Å². The van der Waals surface area contributed by atoms with E-state index in [0.29, 0.717) is 17.0 Å². The minimum Gasteiger partial charge on any atom is -0.444 e. The van der Waals surface area contributed by atoms with Gasteiger partial charge in [0, 0.05) is 11.0 Å². The lowest BCUT2D eigenvalue weighted by Crippen LogP contribution is -2.51. The Balaban J connectivity index is 1.88. The van der Waals surface area contributed by atoms with E-state index in [1.54, 1.807) is 45.0 Å². The van der Waals surface area contributed by atoms with E-state index in [4.69, 9.17) is 10.00 Å². The van der Waals surface area contributed by atoms with Crippen LogP contribution in [0.3, 0.4) is 0 Å². The normalized spacial score (nSPS) is 16.7. The van der Waals surface area contributed by atoms with Crippen molar-refractivity contribution in [2.45, 2.75) is 70.0 Å². The minimum absolute atomic E-state index is 0.0828. The summed E-state index contributed by atoms with van der Waals surface area (Å²) in [6.45, 7) is 10.3. The lowest BCUT2D eigenvalue weighted by atomic mass is 9.96. The molecule has 1 aliphatic rings. The summed E-state index contributed by atoms with van der Waals surface area (Å²) in [6, 6.07) is 8.94. The average molecular weight is 595 g/mol. The van der Waals surface area contributed by atoms with Gasteiger partial charge < -0.3 is 15.0 Å². The van der Waals surface area contributed by atoms with Crippen molar-refractivity contribution < 1.29 is 27.1 Å². The minimum atomic E-state index is -4.30. The molecule has 0 aliphatic carbocycles. The summed E-state index contributed by atoms with van der Waals surface area (Å²) in [7, 11) is -4.30. The van der Waals surface area contributed by atoms with Crippen LogP contribution >= 0.6 is 0 Å². The molecule has 1 N–H and O–H groups in total. The van der Waals surface area contributed by atoms with Crippen LogP contribution in [0.2, 0.25) is 0 Å². The molecule has 2 amide bonds. The lowest BCUT2D eigenvalue weighted by Gasteiger charge is -2.27. The van der Waals surface area contributed by atoms with Crippen molar-refractivity contribution in [2.24, 2.45) is 0 Å². The maximum Gasteiger partial charge on any atom is 0.408 e. The van der Waals surface area contributed by atoms with Gasteiger partial charge in [-0.05, 0) is 50.6 Å². The van der Waals surface area contributed by atoms with Crippen molar-refractivity contribution in [1.82, 2.24) is 20.5 Å². The van der Waals surface area contributed by atoms with Crippen molar-refractivity contribution in [1.29, 1.82) is 5.26 Å². The first-order valence-corrected chi connectivity index (χ1v) is 14.7. The fourth-order valence-electron chi connectivity index (χ4n) is 4.22. The standard InChI is InChI=1S/C29H31FN6O5S/c1-28(2,3)26-33-21(14-32-35-26)19-11-23-24(12-20(19)30)42(39,40)16-22(34-27(38)41-29(4,5)6)25(37)36(23)15-18-9-7-17(13-31)8-10-18/h7-12,14,22H,15-16H2,1-6H3,(H,34,38)/t22-/m0/s1. The molecule has 42 heavy (non-hydrogen) atoms. The first-order chi connectivity index (χ1) is 19.5. The summed E-state index contributed by atoms with van der Waals surface area (Å²) in [4.78, 5) is 31.8. The lowest BCUT2D eigenvalue weighted by molar-refractivity contribution is -0.120. The highest BCUT2D eigenvalue weighted by Crippen LogP contribution is 2.37. The Morgan fingerprint density at radius 3 is 2.43 bits per heavy atom. The van der Waals surface area contributed by atoms with Gasteiger partial charge in [-0.15, -0.1) is 5.10 Å². The Bertz CT molecular complexity index is 1690. The van der Waals surface area contributed by atoms with Crippen LogP contribution in [0.15, 0.2) is 47.5 Å². The van der Waals surface area contributed by atoms with E-state index in [2.05, 4.69) is 20.5 Å². The quantitative estimate of drug-likeness (QED) is 0.471. The number of carbonyl (C=O) groups is 2. The fraction of sp³-hybridized carbons (Fsp3) is 0.379. The summed E-state index contributed by atoms with van der Waals surface area (Å²) in [5, 5.41) is 19.5. The third-order valence-corrected chi connectivity index (χ3v) is 8.01. The number of alkyl carbamates (subject to hydrolysis) is 1. The SMILES string of the molecule is CC(C)(C)OC(=O)N[C@H]1CS(=O)(=O)c2cc(F)c(-c3cnnc(C(C)(C)C)n3)cc2N(Cc2ccc(C#N)cc2)C1=O. The van der Waals surface area contributed by atoms with E-state index < -0.39 is 55.4 Å². The second kappa shape index (κ2) is 11.1. The van der Waals surface area contributed by atoms with Gasteiger partial charge in [-0.3, -0.25) is 4.79 Å². The number of halogens is 1. The zero-order valence-electron chi connectivity index (χ0n) is 24.1. The second-order valence-electron chi connectivity index (χ2n) is 11.9. The topological polar surface area (TPSA) is 155 Å². The average Bonchev–Trinajstić information content (AvgIpc) is 2.96. The highest BCUT2D eigenvalue weighted by molar-refractivity contribution is 7.91. The number of benzene rings is 2. The molecular formula is C29H31FN6O5S. The number of nitrogens with zero attached hydrogens (tertiary/aromatic N) is 5. The molecule has 0 spiro atoms. The molecule has 0 unspecified atom stereocenters. The van der Waals surface area contributed by atoms with E-state index in [0.717, 1.165) is 6.07 Å². The number of anilines is 1. The smallest absolute Gasteiger partial charge is 0.408 e. The van der Waals surface area contributed by atoms with Crippen LogP contribution in [-0.4, -0.2) is 53.0 Å². The van der Waals surface area contributed by atoms with Crippen molar-refractivity contribution in [2.75, 3.05) is 10.7 Å². The van der Waals surface area contributed by atoms with Crippen LogP contribution in [0.25, 0.3) is 11.3 Å². The number of sulfone groups is 1. The highest BCUT2D eigenvalue weighted by Gasteiger charge is 2.40. The van der Waals surface area contributed by atoms with Crippen LogP contribution in [0.4, 0.5) is 14.9 Å². The van der Waals surface area contributed by atoms with Crippen LogP contribution in [-0.2, 0) is 31.3 Å². The molecule has 0 radical (unpaired) electrons. The largest absolute Gasteiger partial charge is 0.444 e. The van der Waals surface area contributed by atoms with E-state index in [1.165, 1.54) is 17.2 Å². The zero-order valence-corrected chi connectivity index (χ0v) is 24.9. The Labute approximate surface area is 243 Å². The number of nitrogens with one attached hydrogen (secondary N) is 1. The maximum atomic E-state index is 15.6. The van der Waals surface area contributed by atoms with Crippen LogP contribution < -0.4 is 10.2 Å². The Morgan fingerprint density at radius 1 is 1.17 bits per heavy atom. The van der Waals surface area contributed by atoms with E-state index in [1.807, 2.05) is 26.8 Å². The summed E-state index contributed by atoms with van der Waals surface area (Å²) in [5.74, 6) is -2.11. The number of rotatable bonds is 4. The monoisotopic (exact) mass is 594 g/mol. The number of carbonyl (C=O) groups excluding carboxylic acids is 2. The van der Waals surface area contributed by atoms with Crippen molar-refractivity contribution in [3.8, 4) is 17.3 Å². The molecule has 0 saturated heterocycles. The number of fused-ring (bicyclic) bond motifs is 1. The van der Waals surface area contributed by atoms with Crippen molar-refractivity contribution in [3.63, 3.8) is 0 Å². The molecule has 0 fully saturated rings. The van der Waals surface area contributed by atoms with Crippen molar-refractivity contribution in [3.05, 3.63) is 65.4 Å². The third-order valence-electron chi connectivity index (χ3n) is 6.24. The molecule has 2 heterocycles. The zero-order chi connectivity index (χ0) is 31.0. The summed E-state index contributed by atoms with van der Waals surface area (Å²) < 4.78 is 48.0. The molecule has 0 bridgehead atoms. The number of ether oxygens (including phenoxy) is 1. The fourth-order valence-corrected chi connectivity index (χ4v) is 5.84. The second-order valence-corrected chi connectivity index (χ2v) is 13.9. The number of hydrogen-bond donors (Lipinski definition) is 1. The highest BCUT2D eigenvalue weighted by atomic mass is 32.2. The molecule has 1 aromatic heterocycles. The number of nitriles is 1. The molecule has 220 valence electrons. The predicted octanol–water partition coefficient (Wildman–Crippen LogP) is 4.06. The van der Waals surface area contributed by atoms with Crippen LogP contribution in [0.5, 0.6) is 0 Å². The van der Waals surface area contributed by atoms with E-state index in [-0.39, 0.29) is 23.5 Å². The van der Waals surface area contributed by atoms with Gasteiger partial charge in [-0.25, -0.2) is 22.6 Å². The van der Waals surface area contributed by atoms with Gasteiger partial charge in [0.1, 0.15) is 17.5 Å². The summed E-state index contributed by atoms with van der Waals surface area (Å²) in [5.41, 5.74) is -0.530. The van der Waals surface area contributed by atoms with E-state index in [9.17, 15) is 18.0 Å². The van der Waals surface area contributed by atoms with Gasteiger partial charge in [0.2, 0.25) is 0 Å². The molecule has 2 aromatic carbocycles. The molecule has 11 nitrogen and oxygen atoms in total. The van der Waals surface area contributed by atoms with Gasteiger partial charge >= 0.3 is 6.09 Å². The number of amides is 2. The molecule has 0 saturated carbocycles.